The van der Waals surface area contributed by atoms with E-state index in [0.717, 1.165) is 0 Å². The number of rotatable bonds is 1. The van der Waals surface area contributed by atoms with Crippen LogP contribution in [0.25, 0.3) is 0 Å². The molecule has 3 nitrogen and oxygen atoms in total. The number of aldehydes is 1. The average molecular weight is 114 g/mol. The van der Waals surface area contributed by atoms with E-state index in [2.05, 4.69) is 11.8 Å². The Kier molecular flexibility index (Phi) is 3.85. The summed E-state index contributed by atoms with van der Waals surface area (Å²) >= 11 is 0. The van der Waals surface area contributed by atoms with Crippen LogP contribution in [0.4, 0.5) is 0 Å². The Balaban J connectivity index is 3.50. The van der Waals surface area contributed by atoms with Gasteiger partial charge in [0, 0.05) is 0 Å². The van der Waals surface area contributed by atoms with Crippen LogP contribution >= 0.6 is 0 Å². The van der Waals surface area contributed by atoms with E-state index in [1.54, 1.807) is 0 Å². The fourth-order valence-corrected chi connectivity index (χ4v) is 0.184. The minimum atomic E-state index is -1.25. The third-order valence-electron chi connectivity index (χ3n) is 0.458. The van der Waals surface area contributed by atoms with E-state index in [4.69, 9.17) is 10.2 Å². The number of aliphatic hydroxyl groups is 2. The molecule has 1 unspecified atom stereocenters. The molecule has 0 aliphatic carbocycles. The molecule has 0 aliphatic rings. The van der Waals surface area contributed by atoms with E-state index in [-0.39, 0.29) is 6.61 Å². The van der Waals surface area contributed by atoms with Crippen molar-refractivity contribution in [1.82, 2.24) is 0 Å². The highest BCUT2D eigenvalue weighted by Gasteiger charge is 1.89. The van der Waals surface area contributed by atoms with Gasteiger partial charge in [-0.1, -0.05) is 11.8 Å². The smallest absolute Gasteiger partial charge is 0.170 e. The molecule has 0 amide bonds. The molecule has 2 N–H and O–H groups in total. The Hall–Kier alpha value is -0.850. The van der Waals surface area contributed by atoms with Crippen molar-refractivity contribution in [2.24, 2.45) is 0 Å². The Bertz CT molecular complexity index is 119. The summed E-state index contributed by atoms with van der Waals surface area (Å²) in [6, 6.07) is 0. The summed E-state index contributed by atoms with van der Waals surface area (Å²) in [5.41, 5.74) is 0. The first-order valence-corrected chi connectivity index (χ1v) is 2.04. The van der Waals surface area contributed by atoms with E-state index in [0.29, 0.717) is 6.29 Å². The number of carbonyl (C=O) groups is 1. The van der Waals surface area contributed by atoms with Gasteiger partial charge in [0.05, 0.1) is 0 Å². The molecule has 0 radical (unpaired) electrons. The lowest BCUT2D eigenvalue weighted by molar-refractivity contribution is -0.112. The number of aliphatic hydroxyl groups excluding tert-OH is 2. The van der Waals surface area contributed by atoms with E-state index >= 15 is 0 Å². The van der Waals surface area contributed by atoms with Crippen LogP contribution in [-0.4, -0.2) is 29.2 Å². The lowest BCUT2D eigenvalue weighted by Gasteiger charge is -1.83. The third kappa shape index (κ3) is 3.34. The molecule has 0 spiro atoms. The molecular weight excluding hydrogens is 108 g/mol. The molecule has 0 bridgehead atoms. The van der Waals surface area contributed by atoms with Crippen LogP contribution in [0.3, 0.4) is 0 Å². The highest BCUT2D eigenvalue weighted by molar-refractivity contribution is 5.60. The summed E-state index contributed by atoms with van der Waals surface area (Å²) in [4.78, 5) is 9.58. The molecule has 0 fully saturated rings. The maximum absolute atomic E-state index is 9.58. The molecule has 8 heavy (non-hydrogen) atoms. The first-order valence-electron chi connectivity index (χ1n) is 2.04. The van der Waals surface area contributed by atoms with Crippen molar-refractivity contribution in [1.29, 1.82) is 0 Å². The van der Waals surface area contributed by atoms with Gasteiger partial charge in [-0.2, -0.15) is 0 Å². The van der Waals surface area contributed by atoms with E-state index in [9.17, 15) is 4.79 Å². The fraction of sp³-hybridized carbons (Fsp3) is 0.400. The van der Waals surface area contributed by atoms with Gasteiger partial charge in [-0.25, -0.2) is 0 Å². The SMILES string of the molecule is O=CC(O)C#CCO. The van der Waals surface area contributed by atoms with Crippen LogP contribution in [0, 0.1) is 11.8 Å². The molecule has 0 aromatic heterocycles. The van der Waals surface area contributed by atoms with Crippen LogP contribution in [0.15, 0.2) is 0 Å². The molecule has 3 heteroatoms. The predicted octanol–water partition coefficient (Wildman–Crippen LogP) is -1.46. The summed E-state index contributed by atoms with van der Waals surface area (Å²) in [7, 11) is 0. The van der Waals surface area contributed by atoms with Gasteiger partial charge in [0.1, 0.15) is 6.61 Å². The van der Waals surface area contributed by atoms with Gasteiger partial charge in [0.2, 0.25) is 0 Å². The van der Waals surface area contributed by atoms with Crippen LogP contribution in [0.1, 0.15) is 0 Å². The zero-order valence-corrected chi connectivity index (χ0v) is 4.16. The molecule has 1 atom stereocenters. The van der Waals surface area contributed by atoms with Gasteiger partial charge >= 0.3 is 0 Å². The van der Waals surface area contributed by atoms with E-state index < -0.39 is 6.10 Å². The maximum Gasteiger partial charge on any atom is 0.170 e. The van der Waals surface area contributed by atoms with Gasteiger partial charge in [0.25, 0.3) is 0 Å². The highest BCUT2D eigenvalue weighted by Crippen LogP contribution is 1.67. The summed E-state index contributed by atoms with van der Waals surface area (Å²) < 4.78 is 0. The zero-order chi connectivity index (χ0) is 6.41. The van der Waals surface area contributed by atoms with Gasteiger partial charge in [0.15, 0.2) is 12.4 Å². The van der Waals surface area contributed by atoms with Gasteiger partial charge in [-0.15, -0.1) is 0 Å². The first-order chi connectivity index (χ1) is 3.81. The molecule has 0 heterocycles. The number of hydrogen-bond acceptors (Lipinski definition) is 3. The average Bonchev–Trinajstić information content (AvgIpc) is 1.83. The van der Waals surface area contributed by atoms with Crippen molar-refractivity contribution >= 4 is 6.29 Å². The van der Waals surface area contributed by atoms with Crippen molar-refractivity contribution in [3.63, 3.8) is 0 Å². The quantitative estimate of drug-likeness (QED) is 0.323. The second kappa shape index (κ2) is 4.31. The minimum Gasteiger partial charge on any atom is -0.384 e. The van der Waals surface area contributed by atoms with Crippen LogP contribution < -0.4 is 0 Å². The van der Waals surface area contributed by atoms with E-state index in [1.165, 1.54) is 0 Å². The number of hydrogen-bond donors (Lipinski definition) is 2. The second-order valence-corrected chi connectivity index (χ2v) is 1.06. The molecule has 0 saturated heterocycles. The van der Waals surface area contributed by atoms with Crippen LogP contribution in [0.5, 0.6) is 0 Å². The molecule has 0 saturated carbocycles. The topological polar surface area (TPSA) is 57.5 Å². The van der Waals surface area contributed by atoms with Gasteiger partial charge in [-0.05, 0) is 0 Å². The standard InChI is InChI=1S/C5H6O3/c6-3-1-2-5(8)4-7/h4-6,8H,3H2. The molecule has 0 aromatic carbocycles. The summed E-state index contributed by atoms with van der Waals surface area (Å²) in [6.07, 6.45) is -0.954. The van der Waals surface area contributed by atoms with Crippen molar-refractivity contribution in [2.75, 3.05) is 6.61 Å². The predicted molar refractivity (Wildman–Crippen MR) is 26.9 cm³/mol. The molecule has 0 rings (SSSR count). The summed E-state index contributed by atoms with van der Waals surface area (Å²) in [5.74, 6) is 4.19. The lowest BCUT2D eigenvalue weighted by Crippen LogP contribution is -2.02. The van der Waals surface area contributed by atoms with E-state index in [1.807, 2.05) is 0 Å². The summed E-state index contributed by atoms with van der Waals surface area (Å²) in [6.45, 7) is -0.328. The Morgan fingerprint density at radius 3 is 2.75 bits per heavy atom. The Morgan fingerprint density at radius 2 is 2.38 bits per heavy atom. The molecule has 0 aliphatic heterocycles. The molecule has 44 valence electrons. The Morgan fingerprint density at radius 1 is 1.75 bits per heavy atom. The van der Waals surface area contributed by atoms with Crippen molar-refractivity contribution in [3.8, 4) is 11.8 Å². The third-order valence-corrected chi connectivity index (χ3v) is 0.458. The monoisotopic (exact) mass is 114 g/mol. The number of carbonyl (C=O) groups excluding carboxylic acids is 1. The fourth-order valence-electron chi connectivity index (χ4n) is 0.184. The largest absolute Gasteiger partial charge is 0.384 e. The van der Waals surface area contributed by atoms with Crippen molar-refractivity contribution in [2.45, 2.75) is 6.10 Å². The maximum atomic E-state index is 9.58. The molecule has 0 aromatic rings. The summed E-state index contributed by atoms with van der Waals surface area (Å²) in [5, 5.41) is 16.3. The highest BCUT2D eigenvalue weighted by atomic mass is 16.3. The zero-order valence-electron chi connectivity index (χ0n) is 4.16. The molecular formula is C5H6O3. The van der Waals surface area contributed by atoms with Crippen molar-refractivity contribution < 1.29 is 15.0 Å². The Labute approximate surface area is 46.9 Å². The van der Waals surface area contributed by atoms with Crippen molar-refractivity contribution in [3.05, 3.63) is 0 Å². The van der Waals surface area contributed by atoms with Gasteiger partial charge < -0.3 is 10.2 Å². The first kappa shape index (κ1) is 7.15. The van der Waals surface area contributed by atoms with Gasteiger partial charge in [-0.3, -0.25) is 4.79 Å². The minimum absolute atomic E-state index is 0.294. The lowest BCUT2D eigenvalue weighted by atomic mass is 10.4. The van der Waals surface area contributed by atoms with Crippen LogP contribution in [0.2, 0.25) is 0 Å². The normalized spacial score (nSPS) is 11.2. The second-order valence-electron chi connectivity index (χ2n) is 1.06. The van der Waals surface area contributed by atoms with Crippen LogP contribution in [-0.2, 0) is 4.79 Å².